The molecule has 11 heteroatoms. The number of hydrogen-bond acceptors (Lipinski definition) is 7. The summed E-state index contributed by atoms with van der Waals surface area (Å²) in [6.07, 6.45) is 1.54. The molecule has 0 saturated heterocycles. The van der Waals surface area contributed by atoms with E-state index in [1.54, 1.807) is 26.0 Å². The number of carbonyl (C=O) groups excluding carboxylic acids is 1. The van der Waals surface area contributed by atoms with Gasteiger partial charge in [-0.15, -0.1) is 0 Å². The van der Waals surface area contributed by atoms with E-state index in [1.165, 1.54) is 53.1 Å². The summed E-state index contributed by atoms with van der Waals surface area (Å²) in [6, 6.07) is 12.2. The Balaban J connectivity index is 1.62. The maximum Gasteiger partial charge on any atom is 0.338 e. The van der Waals surface area contributed by atoms with Crippen molar-refractivity contribution < 1.29 is 28.2 Å². The molecule has 1 atom stereocenters. The van der Waals surface area contributed by atoms with Gasteiger partial charge in [0.25, 0.3) is 5.56 Å². The van der Waals surface area contributed by atoms with Gasteiger partial charge in [-0.05, 0) is 61.9 Å². The molecule has 0 unspecified atom stereocenters. The van der Waals surface area contributed by atoms with Crippen molar-refractivity contribution in [2.45, 2.75) is 19.9 Å². The summed E-state index contributed by atoms with van der Waals surface area (Å²) in [5.74, 6) is -1.52. The van der Waals surface area contributed by atoms with Gasteiger partial charge in [0.05, 0.1) is 39.0 Å². The van der Waals surface area contributed by atoms with Crippen LogP contribution in [0.15, 0.2) is 80.1 Å². The summed E-state index contributed by atoms with van der Waals surface area (Å²) < 4.78 is 26.5. The number of aromatic carboxylic acids is 1. The van der Waals surface area contributed by atoms with Crippen molar-refractivity contribution >= 4 is 41.0 Å². The van der Waals surface area contributed by atoms with Gasteiger partial charge in [-0.3, -0.25) is 9.36 Å². The number of furan rings is 1. The van der Waals surface area contributed by atoms with Crippen molar-refractivity contribution in [2.24, 2.45) is 4.99 Å². The largest absolute Gasteiger partial charge is 0.478 e. The number of rotatable bonds is 6. The number of carbonyl (C=O) groups is 2. The number of esters is 1. The Morgan fingerprint density at radius 3 is 2.64 bits per heavy atom. The van der Waals surface area contributed by atoms with Gasteiger partial charge in [0.1, 0.15) is 17.3 Å². The molecule has 1 aliphatic heterocycles. The van der Waals surface area contributed by atoms with Gasteiger partial charge >= 0.3 is 11.9 Å². The first-order chi connectivity index (χ1) is 18.7. The van der Waals surface area contributed by atoms with Gasteiger partial charge in [0.15, 0.2) is 4.80 Å². The zero-order chi connectivity index (χ0) is 27.8. The van der Waals surface area contributed by atoms with E-state index in [2.05, 4.69) is 4.99 Å². The topological polar surface area (TPSA) is 111 Å². The number of fused-ring (bicyclic) bond motifs is 1. The monoisotopic (exact) mass is 566 g/mol. The highest BCUT2D eigenvalue weighted by molar-refractivity contribution is 7.07. The third-order valence-corrected chi connectivity index (χ3v) is 7.39. The molecule has 0 aliphatic carbocycles. The molecular weight excluding hydrogens is 547 g/mol. The average molecular weight is 567 g/mol. The number of benzene rings is 2. The number of aromatic nitrogens is 1. The lowest BCUT2D eigenvalue weighted by Crippen LogP contribution is -2.39. The quantitative estimate of drug-likeness (QED) is 0.343. The van der Waals surface area contributed by atoms with Crippen LogP contribution in [-0.2, 0) is 9.53 Å². The van der Waals surface area contributed by atoms with Crippen LogP contribution in [0.2, 0.25) is 5.02 Å². The van der Waals surface area contributed by atoms with Gasteiger partial charge in [0, 0.05) is 11.6 Å². The fraction of sp³-hybridized carbons (Fsp3) is 0.143. The zero-order valence-corrected chi connectivity index (χ0v) is 22.2. The lowest BCUT2D eigenvalue weighted by Gasteiger charge is -2.24. The number of allylic oxidation sites excluding steroid dienone is 1. The molecule has 3 heterocycles. The van der Waals surface area contributed by atoms with Crippen LogP contribution in [-0.4, -0.2) is 28.2 Å². The molecule has 1 N–H and O–H groups in total. The second-order valence-corrected chi connectivity index (χ2v) is 9.97. The minimum absolute atomic E-state index is 0.0502. The molecule has 4 aromatic rings. The normalized spacial score (nSPS) is 15.2. The fourth-order valence-electron chi connectivity index (χ4n) is 4.30. The molecule has 2 aromatic carbocycles. The third-order valence-electron chi connectivity index (χ3n) is 6.08. The molecule has 5 rings (SSSR count). The summed E-state index contributed by atoms with van der Waals surface area (Å²) >= 11 is 7.37. The van der Waals surface area contributed by atoms with Crippen LogP contribution in [0.3, 0.4) is 0 Å². The van der Waals surface area contributed by atoms with Crippen molar-refractivity contribution in [3.8, 4) is 11.3 Å². The Morgan fingerprint density at radius 1 is 1.21 bits per heavy atom. The number of carboxylic acids is 1. The molecule has 0 fully saturated rings. The van der Waals surface area contributed by atoms with E-state index < -0.39 is 29.4 Å². The van der Waals surface area contributed by atoms with Crippen LogP contribution < -0.4 is 14.9 Å². The predicted octanol–water partition coefficient (Wildman–Crippen LogP) is 4.55. The number of nitrogens with zero attached hydrogens (tertiary/aromatic N) is 2. The van der Waals surface area contributed by atoms with Crippen molar-refractivity contribution in [2.75, 3.05) is 6.61 Å². The van der Waals surface area contributed by atoms with Crippen molar-refractivity contribution in [1.82, 2.24) is 4.57 Å². The second kappa shape index (κ2) is 10.5. The van der Waals surface area contributed by atoms with E-state index in [4.69, 9.17) is 20.8 Å². The molecule has 198 valence electrons. The lowest BCUT2D eigenvalue weighted by atomic mass is 9.96. The molecule has 0 bridgehead atoms. The summed E-state index contributed by atoms with van der Waals surface area (Å²) in [5, 5.41) is 9.61. The Kier molecular flexibility index (Phi) is 7.07. The average Bonchev–Trinajstić information content (AvgIpc) is 3.48. The van der Waals surface area contributed by atoms with E-state index in [0.29, 0.717) is 38.2 Å². The number of halogens is 2. The molecule has 0 amide bonds. The maximum atomic E-state index is 13.7. The molecule has 0 saturated carbocycles. The lowest BCUT2D eigenvalue weighted by molar-refractivity contribution is -0.139. The number of carboxylic acid groups (broad SMARTS) is 1. The zero-order valence-electron chi connectivity index (χ0n) is 20.6. The Morgan fingerprint density at radius 2 is 1.95 bits per heavy atom. The van der Waals surface area contributed by atoms with E-state index in [9.17, 15) is 23.9 Å². The second-order valence-electron chi connectivity index (χ2n) is 8.56. The van der Waals surface area contributed by atoms with Crippen LogP contribution in [0, 0.1) is 5.82 Å². The Labute approximate surface area is 229 Å². The van der Waals surface area contributed by atoms with Gasteiger partial charge in [-0.1, -0.05) is 35.1 Å². The predicted molar refractivity (Wildman–Crippen MR) is 143 cm³/mol. The third kappa shape index (κ3) is 4.96. The van der Waals surface area contributed by atoms with Crippen molar-refractivity contribution in [3.05, 3.63) is 113 Å². The Hall–Kier alpha value is -4.28. The van der Waals surface area contributed by atoms with E-state index in [0.717, 1.165) is 11.3 Å². The van der Waals surface area contributed by atoms with Crippen LogP contribution in [0.5, 0.6) is 0 Å². The molecule has 2 aromatic heterocycles. The Bertz CT molecular complexity index is 1830. The highest BCUT2D eigenvalue weighted by atomic mass is 35.5. The van der Waals surface area contributed by atoms with Crippen molar-refractivity contribution in [1.29, 1.82) is 0 Å². The van der Waals surface area contributed by atoms with Gasteiger partial charge < -0.3 is 14.3 Å². The van der Waals surface area contributed by atoms with Crippen molar-refractivity contribution in [3.63, 3.8) is 0 Å². The smallest absolute Gasteiger partial charge is 0.338 e. The molecule has 0 radical (unpaired) electrons. The number of hydrogen-bond donors (Lipinski definition) is 1. The first-order valence-corrected chi connectivity index (χ1v) is 13.0. The van der Waals surface area contributed by atoms with Crippen LogP contribution in [0.25, 0.3) is 17.4 Å². The first-order valence-electron chi connectivity index (χ1n) is 11.8. The van der Waals surface area contributed by atoms with Crippen LogP contribution in [0.1, 0.15) is 41.6 Å². The minimum Gasteiger partial charge on any atom is -0.478 e. The molecule has 8 nitrogen and oxygen atoms in total. The number of thiazole rings is 1. The van der Waals surface area contributed by atoms with Gasteiger partial charge in [-0.25, -0.2) is 19.0 Å². The first kappa shape index (κ1) is 26.3. The summed E-state index contributed by atoms with van der Waals surface area (Å²) in [7, 11) is 0. The highest BCUT2D eigenvalue weighted by Gasteiger charge is 2.33. The highest BCUT2D eigenvalue weighted by Crippen LogP contribution is 2.32. The summed E-state index contributed by atoms with van der Waals surface area (Å²) in [5.41, 5.74) is 1.12. The molecule has 39 heavy (non-hydrogen) atoms. The summed E-state index contributed by atoms with van der Waals surface area (Å²) in [6.45, 7) is 3.47. The minimum atomic E-state index is -1.10. The van der Waals surface area contributed by atoms with E-state index in [-0.39, 0.29) is 22.3 Å². The number of ether oxygens (including phenoxy) is 1. The van der Waals surface area contributed by atoms with Gasteiger partial charge in [-0.2, -0.15) is 0 Å². The van der Waals surface area contributed by atoms with E-state index in [1.807, 2.05) is 0 Å². The van der Waals surface area contributed by atoms with E-state index >= 15 is 0 Å². The molecule has 1 aliphatic rings. The molecular formula is C28H20ClFN2O6S. The maximum absolute atomic E-state index is 13.7. The standard InChI is InChI=1S/C28H20ClFN2O6S/c1-3-37-27(36)23-14(2)31-28-32(24(23)15-4-7-17(30)8-5-15)25(33)22(39-28)13-18-9-11-21(38-18)19-12-16(26(34)35)6-10-20(19)29/h4-13,24H,3H2,1-2H3,(H,34,35)/b22-13-/t24-/m1/s1. The SMILES string of the molecule is CCOC(=O)C1=C(C)N=c2s/c(=C\c3ccc(-c4cc(C(=O)O)ccc4Cl)o3)c(=O)n2[C@@H]1c1ccc(F)cc1. The summed E-state index contributed by atoms with van der Waals surface area (Å²) in [4.78, 5) is 42.8. The van der Waals surface area contributed by atoms with Crippen LogP contribution >= 0.6 is 22.9 Å². The van der Waals surface area contributed by atoms with Gasteiger partial charge in [0.2, 0.25) is 0 Å². The fourth-order valence-corrected chi connectivity index (χ4v) is 5.54. The van der Waals surface area contributed by atoms with Crippen LogP contribution in [0.4, 0.5) is 4.39 Å². The molecule has 0 spiro atoms.